The summed E-state index contributed by atoms with van der Waals surface area (Å²) in [6.45, 7) is 3.87. The number of amides is 1. The van der Waals surface area contributed by atoms with Crippen molar-refractivity contribution in [3.05, 3.63) is 109 Å². The molecule has 1 fully saturated rings. The monoisotopic (exact) mass is 672 g/mol. The molecule has 0 spiro atoms. The number of likely N-dealkylation sites (tertiary alicyclic amines) is 1. The highest BCUT2D eigenvalue weighted by atomic mass is 19.1. The van der Waals surface area contributed by atoms with Crippen LogP contribution in [0.3, 0.4) is 0 Å². The van der Waals surface area contributed by atoms with E-state index >= 15 is 4.39 Å². The van der Waals surface area contributed by atoms with E-state index in [1.807, 2.05) is 54.6 Å². The highest BCUT2D eigenvalue weighted by Crippen LogP contribution is 2.38. The second kappa shape index (κ2) is 14.8. The van der Waals surface area contributed by atoms with E-state index in [0.717, 1.165) is 37.4 Å². The predicted molar refractivity (Wildman–Crippen MR) is 192 cm³/mol. The Hall–Kier alpha value is -5.74. The van der Waals surface area contributed by atoms with E-state index < -0.39 is 11.7 Å². The fraction of sp³-hybridized carbons (Fsp3) is 0.225. The number of nitrogens with one attached hydrogen (secondary N) is 1. The van der Waals surface area contributed by atoms with E-state index in [9.17, 15) is 4.79 Å². The van der Waals surface area contributed by atoms with Gasteiger partial charge in [0, 0.05) is 46.9 Å². The molecule has 2 aromatic heterocycles. The molecule has 0 aliphatic carbocycles. The second-order valence-corrected chi connectivity index (χ2v) is 12.1. The molecular weight excluding hydrogens is 635 g/mol. The molecule has 0 radical (unpaired) electrons. The van der Waals surface area contributed by atoms with Gasteiger partial charge in [0.25, 0.3) is 5.91 Å². The van der Waals surface area contributed by atoms with Crippen molar-refractivity contribution in [3.63, 3.8) is 0 Å². The lowest BCUT2D eigenvalue weighted by atomic mass is 10.0. The van der Waals surface area contributed by atoms with Crippen LogP contribution >= 0.6 is 0 Å². The van der Waals surface area contributed by atoms with Crippen LogP contribution in [0.15, 0.2) is 97.2 Å². The number of methoxy groups -OCH3 is 2. The standard InChI is InChI=1S/C40H37FN4O5/c1-47-28-13-10-26(11-14-28)34-23-30(29-8-3-4-9-33(29)44-34)40(46)43-27-12-15-37(32(41)22-27)50-36-16-17-42-35-25-39(38(48-2)24-31(35)36)49-21-7-20-45-18-5-6-19-45/h3-4,8-17,22-25H,5-7,18-21H2,1-2H3,(H,43,46). The SMILES string of the molecule is COc1ccc(-c2cc(C(=O)Nc3ccc(Oc4ccnc5cc(OCCCN6CCCC6)c(OC)cc45)c(F)c3)c3ccccc3n2)cc1. The molecular formula is C40H37FN4O5. The number of fused-ring (bicyclic) bond motifs is 2. The van der Waals surface area contributed by atoms with Crippen LogP contribution in [0.1, 0.15) is 29.6 Å². The highest BCUT2D eigenvalue weighted by Gasteiger charge is 2.18. The zero-order valence-electron chi connectivity index (χ0n) is 27.9. The topological polar surface area (TPSA) is 95.0 Å². The van der Waals surface area contributed by atoms with Gasteiger partial charge in [0.15, 0.2) is 23.1 Å². The molecule has 6 aromatic rings. The summed E-state index contributed by atoms with van der Waals surface area (Å²) in [6, 6.07) is 26.2. The van der Waals surface area contributed by atoms with Crippen molar-refractivity contribution >= 4 is 33.4 Å². The van der Waals surface area contributed by atoms with Crippen molar-refractivity contribution < 1.29 is 28.1 Å². The largest absolute Gasteiger partial charge is 0.497 e. The maximum Gasteiger partial charge on any atom is 0.256 e. The number of hydrogen-bond donors (Lipinski definition) is 1. The number of hydrogen-bond acceptors (Lipinski definition) is 8. The third-order valence-electron chi connectivity index (χ3n) is 8.82. The molecule has 0 atom stereocenters. The highest BCUT2D eigenvalue weighted by molar-refractivity contribution is 6.13. The quantitative estimate of drug-likeness (QED) is 0.129. The van der Waals surface area contributed by atoms with E-state index in [4.69, 9.17) is 23.9 Å². The van der Waals surface area contributed by atoms with Gasteiger partial charge in [-0.2, -0.15) is 0 Å². The van der Waals surface area contributed by atoms with Crippen LogP contribution in [-0.4, -0.2) is 61.2 Å². The third kappa shape index (κ3) is 7.16. The first-order valence-electron chi connectivity index (χ1n) is 16.6. The summed E-state index contributed by atoms with van der Waals surface area (Å²) >= 11 is 0. The van der Waals surface area contributed by atoms with Crippen LogP contribution < -0.4 is 24.3 Å². The van der Waals surface area contributed by atoms with Crippen molar-refractivity contribution in [1.82, 2.24) is 14.9 Å². The van der Waals surface area contributed by atoms with E-state index in [0.29, 0.717) is 56.9 Å². The number of anilines is 1. The summed E-state index contributed by atoms with van der Waals surface area (Å²) in [5.74, 6) is 1.20. The van der Waals surface area contributed by atoms with Crippen LogP contribution in [0.4, 0.5) is 10.1 Å². The molecule has 1 N–H and O–H groups in total. The fourth-order valence-electron chi connectivity index (χ4n) is 6.22. The van der Waals surface area contributed by atoms with Gasteiger partial charge < -0.3 is 29.2 Å². The summed E-state index contributed by atoms with van der Waals surface area (Å²) in [4.78, 5) is 25.3. The van der Waals surface area contributed by atoms with Crippen molar-refractivity contribution in [1.29, 1.82) is 0 Å². The van der Waals surface area contributed by atoms with E-state index in [1.54, 1.807) is 44.7 Å². The van der Waals surface area contributed by atoms with Crippen molar-refractivity contribution in [2.24, 2.45) is 0 Å². The smallest absolute Gasteiger partial charge is 0.256 e. The average Bonchev–Trinajstić information content (AvgIpc) is 3.67. The lowest BCUT2D eigenvalue weighted by Crippen LogP contribution is -2.21. The molecule has 1 aliphatic rings. The molecule has 0 unspecified atom stereocenters. The van der Waals surface area contributed by atoms with Gasteiger partial charge in [0.1, 0.15) is 11.5 Å². The first-order valence-corrected chi connectivity index (χ1v) is 16.6. The number of carbonyl (C=O) groups is 1. The molecule has 1 saturated heterocycles. The number of aromatic nitrogens is 2. The third-order valence-corrected chi connectivity index (χ3v) is 8.82. The minimum absolute atomic E-state index is 0.00661. The summed E-state index contributed by atoms with van der Waals surface area (Å²) in [5.41, 5.74) is 3.44. The molecule has 10 heteroatoms. The number of carbonyl (C=O) groups excluding carboxylic acids is 1. The van der Waals surface area contributed by atoms with Crippen molar-refractivity contribution in [2.45, 2.75) is 19.3 Å². The molecule has 1 aliphatic heterocycles. The van der Waals surface area contributed by atoms with Gasteiger partial charge in [-0.25, -0.2) is 9.37 Å². The lowest BCUT2D eigenvalue weighted by Gasteiger charge is -2.16. The van der Waals surface area contributed by atoms with Crippen LogP contribution in [-0.2, 0) is 0 Å². The van der Waals surface area contributed by atoms with Gasteiger partial charge in [-0.1, -0.05) is 18.2 Å². The average molecular weight is 673 g/mol. The minimum Gasteiger partial charge on any atom is -0.497 e. The number of halogens is 1. The van der Waals surface area contributed by atoms with Crippen LogP contribution in [0.25, 0.3) is 33.1 Å². The Morgan fingerprint density at radius 1 is 0.820 bits per heavy atom. The van der Waals surface area contributed by atoms with E-state index in [1.165, 1.54) is 25.0 Å². The van der Waals surface area contributed by atoms with Gasteiger partial charge in [0.2, 0.25) is 0 Å². The number of nitrogens with zero attached hydrogens (tertiary/aromatic N) is 3. The zero-order chi connectivity index (χ0) is 34.5. The number of rotatable bonds is 12. The maximum atomic E-state index is 15.5. The van der Waals surface area contributed by atoms with Gasteiger partial charge in [-0.15, -0.1) is 0 Å². The van der Waals surface area contributed by atoms with E-state index in [-0.39, 0.29) is 11.4 Å². The zero-order valence-corrected chi connectivity index (χ0v) is 27.9. The minimum atomic E-state index is -0.642. The van der Waals surface area contributed by atoms with E-state index in [2.05, 4.69) is 15.2 Å². The number of ether oxygens (including phenoxy) is 4. The number of benzene rings is 4. The molecule has 1 amide bonds. The Kier molecular flexibility index (Phi) is 9.70. The van der Waals surface area contributed by atoms with Crippen LogP contribution in [0.2, 0.25) is 0 Å². The Labute approximate surface area is 289 Å². The first-order chi connectivity index (χ1) is 24.5. The normalized spacial score (nSPS) is 13.0. The first kappa shape index (κ1) is 32.8. The summed E-state index contributed by atoms with van der Waals surface area (Å²) in [6.07, 6.45) is 5.04. The Balaban J connectivity index is 1.08. The Bertz CT molecular complexity index is 2150. The molecule has 7 rings (SSSR count). The second-order valence-electron chi connectivity index (χ2n) is 12.1. The van der Waals surface area contributed by atoms with Crippen molar-refractivity contribution in [3.8, 4) is 40.0 Å². The lowest BCUT2D eigenvalue weighted by molar-refractivity contribution is 0.102. The van der Waals surface area contributed by atoms with Gasteiger partial charge in [-0.05, 0) is 93.0 Å². The number of para-hydroxylation sites is 1. The van der Waals surface area contributed by atoms with Crippen molar-refractivity contribution in [2.75, 3.05) is 45.8 Å². The maximum absolute atomic E-state index is 15.5. The molecule has 0 bridgehead atoms. The van der Waals surface area contributed by atoms with Crippen LogP contribution in [0, 0.1) is 5.82 Å². The Morgan fingerprint density at radius 2 is 1.64 bits per heavy atom. The molecule has 50 heavy (non-hydrogen) atoms. The number of pyridine rings is 2. The fourth-order valence-corrected chi connectivity index (χ4v) is 6.22. The van der Waals surface area contributed by atoms with Gasteiger partial charge in [0.05, 0.1) is 43.1 Å². The molecule has 3 heterocycles. The molecule has 254 valence electrons. The predicted octanol–water partition coefficient (Wildman–Crippen LogP) is 8.52. The van der Waals surface area contributed by atoms with Gasteiger partial charge >= 0.3 is 0 Å². The summed E-state index contributed by atoms with van der Waals surface area (Å²) < 4.78 is 38.6. The van der Waals surface area contributed by atoms with Crippen LogP contribution in [0.5, 0.6) is 28.7 Å². The molecule has 4 aromatic carbocycles. The van der Waals surface area contributed by atoms with Gasteiger partial charge in [-0.3, -0.25) is 9.78 Å². The summed E-state index contributed by atoms with van der Waals surface area (Å²) in [5, 5.41) is 4.16. The summed E-state index contributed by atoms with van der Waals surface area (Å²) in [7, 11) is 3.19. The molecule has 0 saturated carbocycles. The Morgan fingerprint density at radius 3 is 2.42 bits per heavy atom. The molecule has 9 nitrogen and oxygen atoms in total.